The van der Waals surface area contributed by atoms with Crippen molar-refractivity contribution in [1.82, 2.24) is 10.6 Å². The van der Waals surface area contributed by atoms with Gasteiger partial charge in [0.1, 0.15) is 5.82 Å². The Hall–Kier alpha value is -2.68. The van der Waals surface area contributed by atoms with Gasteiger partial charge < -0.3 is 16.4 Å². The van der Waals surface area contributed by atoms with Crippen molar-refractivity contribution in [3.05, 3.63) is 90.6 Å². The summed E-state index contributed by atoms with van der Waals surface area (Å²) < 4.78 is 0. The lowest BCUT2D eigenvalue weighted by Gasteiger charge is -2.22. The van der Waals surface area contributed by atoms with E-state index >= 15 is 0 Å². The topological polar surface area (TPSA) is 50.1 Å². The van der Waals surface area contributed by atoms with Gasteiger partial charge in [0, 0.05) is 11.8 Å². The first-order chi connectivity index (χ1) is 9.26. The molecule has 0 saturated carbocycles. The van der Waals surface area contributed by atoms with Crippen LogP contribution in [0.5, 0.6) is 0 Å². The average molecular weight is 251 g/mol. The third kappa shape index (κ3) is 2.77. The van der Waals surface area contributed by atoms with Crippen molar-refractivity contribution in [2.75, 3.05) is 0 Å². The van der Waals surface area contributed by atoms with Crippen molar-refractivity contribution in [3.8, 4) is 0 Å². The second-order valence-electron chi connectivity index (χ2n) is 4.04. The Morgan fingerprint density at radius 3 is 2.53 bits per heavy atom. The Morgan fingerprint density at radius 1 is 1.16 bits per heavy atom. The van der Waals surface area contributed by atoms with Crippen molar-refractivity contribution in [2.24, 2.45) is 5.73 Å². The van der Waals surface area contributed by atoms with E-state index in [-0.39, 0.29) is 0 Å². The van der Waals surface area contributed by atoms with E-state index in [0.717, 1.165) is 22.5 Å². The van der Waals surface area contributed by atoms with Crippen LogP contribution in [0.4, 0.5) is 0 Å². The van der Waals surface area contributed by atoms with E-state index < -0.39 is 0 Å². The highest BCUT2D eigenvalue weighted by Crippen LogP contribution is 2.20. The molecule has 0 atom stereocenters. The zero-order valence-corrected chi connectivity index (χ0v) is 10.7. The van der Waals surface area contributed by atoms with E-state index in [1.165, 1.54) is 0 Å². The molecule has 1 aliphatic heterocycles. The molecule has 0 aromatic heterocycles. The Balaban J connectivity index is 2.31. The molecule has 0 aliphatic carbocycles. The van der Waals surface area contributed by atoms with E-state index in [1.807, 2.05) is 42.6 Å². The van der Waals surface area contributed by atoms with E-state index in [1.54, 1.807) is 12.2 Å². The molecular formula is C16H17N3. The monoisotopic (exact) mass is 251 g/mol. The van der Waals surface area contributed by atoms with Crippen molar-refractivity contribution < 1.29 is 0 Å². The van der Waals surface area contributed by atoms with Gasteiger partial charge in [-0.2, -0.15) is 0 Å². The Kier molecular flexibility index (Phi) is 3.88. The van der Waals surface area contributed by atoms with E-state index in [4.69, 9.17) is 5.73 Å². The summed E-state index contributed by atoms with van der Waals surface area (Å²) in [6.07, 6.45) is 7.16. The van der Waals surface area contributed by atoms with Crippen LogP contribution >= 0.6 is 0 Å². The predicted octanol–water partition coefficient (Wildman–Crippen LogP) is 2.60. The number of hydrogen-bond acceptors (Lipinski definition) is 3. The number of benzene rings is 1. The summed E-state index contributed by atoms with van der Waals surface area (Å²) in [5.74, 6) is 0.563. The van der Waals surface area contributed by atoms with Gasteiger partial charge in [-0.25, -0.2) is 0 Å². The average Bonchev–Trinajstić information content (AvgIpc) is 2.46. The molecule has 1 aromatic rings. The molecule has 0 radical (unpaired) electrons. The number of nitrogens with one attached hydrogen (secondary N) is 2. The summed E-state index contributed by atoms with van der Waals surface area (Å²) in [4.78, 5) is 0. The number of nitrogens with two attached hydrogens (primary N) is 1. The van der Waals surface area contributed by atoms with Crippen LogP contribution in [0.15, 0.2) is 85.0 Å². The summed E-state index contributed by atoms with van der Waals surface area (Å²) in [5, 5.41) is 6.39. The van der Waals surface area contributed by atoms with Gasteiger partial charge in [0.2, 0.25) is 0 Å². The van der Waals surface area contributed by atoms with Gasteiger partial charge in [-0.1, -0.05) is 61.7 Å². The first kappa shape index (κ1) is 12.8. The molecule has 0 fully saturated rings. The van der Waals surface area contributed by atoms with Gasteiger partial charge in [0.25, 0.3) is 0 Å². The normalized spacial score (nSPS) is 15.2. The molecule has 1 aliphatic rings. The summed E-state index contributed by atoms with van der Waals surface area (Å²) >= 11 is 0. The molecular weight excluding hydrogens is 234 g/mol. The fraction of sp³-hybridized carbons (Fsp3) is 0. The number of rotatable bonds is 4. The summed E-state index contributed by atoms with van der Waals surface area (Å²) in [5.41, 5.74) is 9.70. The molecule has 2 rings (SSSR count). The van der Waals surface area contributed by atoms with Crippen LogP contribution in [0.1, 0.15) is 5.56 Å². The van der Waals surface area contributed by atoms with Gasteiger partial charge in [0.15, 0.2) is 0 Å². The minimum atomic E-state index is 0.563. The van der Waals surface area contributed by atoms with Gasteiger partial charge in [-0.05, 0) is 5.56 Å². The fourth-order valence-electron chi connectivity index (χ4n) is 1.84. The summed E-state index contributed by atoms with van der Waals surface area (Å²) in [6.45, 7) is 7.49. The highest BCUT2D eigenvalue weighted by Gasteiger charge is 2.14. The maximum Gasteiger partial charge on any atom is 0.125 e. The van der Waals surface area contributed by atoms with Crippen LogP contribution in [-0.4, -0.2) is 0 Å². The largest absolute Gasteiger partial charge is 0.384 e. The molecule has 4 N–H and O–H groups in total. The van der Waals surface area contributed by atoms with Crippen molar-refractivity contribution in [2.45, 2.75) is 0 Å². The van der Waals surface area contributed by atoms with Crippen LogP contribution in [0.3, 0.4) is 0 Å². The molecule has 1 heterocycles. The van der Waals surface area contributed by atoms with Gasteiger partial charge in [-0.15, -0.1) is 0 Å². The standard InChI is InChI=1S/C16H17N3/c1-3-8-12(4-2)15-16(17)18-11-14(19-15)13-9-6-5-7-10-13/h3-11,18-19H,1-2,17H2/b12-8+. The fourth-order valence-corrected chi connectivity index (χ4v) is 1.84. The molecule has 0 bridgehead atoms. The second-order valence-corrected chi connectivity index (χ2v) is 4.04. The lowest BCUT2D eigenvalue weighted by molar-refractivity contribution is 0.900. The number of hydrogen-bond donors (Lipinski definition) is 3. The highest BCUT2D eigenvalue weighted by molar-refractivity contribution is 5.68. The van der Waals surface area contributed by atoms with Crippen LogP contribution in [0.25, 0.3) is 5.70 Å². The van der Waals surface area contributed by atoms with Crippen LogP contribution in [-0.2, 0) is 0 Å². The van der Waals surface area contributed by atoms with Crippen LogP contribution in [0, 0.1) is 0 Å². The first-order valence-electron chi connectivity index (χ1n) is 6.00. The zero-order valence-electron chi connectivity index (χ0n) is 10.7. The van der Waals surface area contributed by atoms with E-state index in [9.17, 15) is 0 Å². The van der Waals surface area contributed by atoms with Crippen molar-refractivity contribution in [3.63, 3.8) is 0 Å². The molecule has 96 valence electrons. The third-order valence-electron chi connectivity index (χ3n) is 2.79. The number of allylic oxidation sites excluding steroid dienone is 3. The van der Waals surface area contributed by atoms with Gasteiger partial charge >= 0.3 is 0 Å². The maximum absolute atomic E-state index is 5.96. The third-order valence-corrected chi connectivity index (χ3v) is 2.79. The van der Waals surface area contributed by atoms with Gasteiger partial charge in [0.05, 0.1) is 11.4 Å². The van der Waals surface area contributed by atoms with E-state index in [0.29, 0.717) is 5.82 Å². The SMILES string of the molecule is C=C/C=C(\C=C)C1=C(N)NC=C(c2ccccc2)N1. The van der Waals surface area contributed by atoms with Crippen LogP contribution < -0.4 is 16.4 Å². The quantitative estimate of drug-likeness (QED) is 0.721. The van der Waals surface area contributed by atoms with Crippen molar-refractivity contribution >= 4 is 5.70 Å². The molecule has 0 saturated heterocycles. The Morgan fingerprint density at radius 2 is 1.89 bits per heavy atom. The minimum absolute atomic E-state index is 0.563. The van der Waals surface area contributed by atoms with Crippen molar-refractivity contribution in [1.29, 1.82) is 0 Å². The lowest BCUT2D eigenvalue weighted by Crippen LogP contribution is -2.30. The summed E-state index contributed by atoms with van der Waals surface area (Å²) in [6, 6.07) is 10.0. The lowest BCUT2D eigenvalue weighted by atomic mass is 10.1. The molecule has 19 heavy (non-hydrogen) atoms. The smallest absolute Gasteiger partial charge is 0.125 e. The molecule has 0 spiro atoms. The van der Waals surface area contributed by atoms with Gasteiger partial charge in [-0.3, -0.25) is 0 Å². The minimum Gasteiger partial charge on any atom is -0.384 e. The molecule has 0 unspecified atom stereocenters. The molecule has 3 heteroatoms. The highest BCUT2D eigenvalue weighted by atomic mass is 15.1. The summed E-state index contributed by atoms with van der Waals surface area (Å²) in [7, 11) is 0. The molecule has 1 aromatic carbocycles. The molecule has 3 nitrogen and oxygen atoms in total. The molecule has 0 amide bonds. The Bertz CT molecular complexity index is 577. The maximum atomic E-state index is 5.96. The second kappa shape index (κ2) is 5.78. The predicted molar refractivity (Wildman–Crippen MR) is 80.4 cm³/mol. The zero-order chi connectivity index (χ0) is 13.7. The first-order valence-corrected chi connectivity index (χ1v) is 6.00. The van der Waals surface area contributed by atoms with E-state index in [2.05, 4.69) is 23.8 Å². The van der Waals surface area contributed by atoms with Crippen LogP contribution in [0.2, 0.25) is 0 Å². The Labute approximate surface area is 113 Å².